The molecule has 0 saturated carbocycles. The van der Waals surface area contributed by atoms with E-state index in [1.165, 1.54) is 65.3 Å². The highest BCUT2D eigenvalue weighted by Crippen LogP contribution is 2.37. The Bertz CT molecular complexity index is 3450. The summed E-state index contributed by atoms with van der Waals surface area (Å²) in [6.07, 6.45) is 0. The third-order valence-corrected chi connectivity index (χ3v) is 12.6. The zero-order chi connectivity index (χ0) is 42.4. The molecule has 0 spiro atoms. The molecular formula is C62H40N2. The summed E-state index contributed by atoms with van der Waals surface area (Å²) in [4.78, 5) is 10.9. The molecule has 0 fully saturated rings. The van der Waals surface area contributed by atoms with E-state index < -0.39 is 0 Å². The molecule has 12 rings (SSSR count). The Kier molecular flexibility index (Phi) is 9.20. The molecule has 1 aromatic heterocycles. The van der Waals surface area contributed by atoms with Crippen LogP contribution in [-0.4, -0.2) is 9.97 Å². The Morgan fingerprint density at radius 2 is 0.469 bits per heavy atom. The number of rotatable bonds is 7. The first-order valence-corrected chi connectivity index (χ1v) is 21.9. The van der Waals surface area contributed by atoms with Gasteiger partial charge < -0.3 is 0 Å². The van der Waals surface area contributed by atoms with Gasteiger partial charge in [-0.25, -0.2) is 9.97 Å². The van der Waals surface area contributed by atoms with Gasteiger partial charge >= 0.3 is 0 Å². The van der Waals surface area contributed by atoms with Crippen LogP contribution in [0.2, 0.25) is 0 Å². The van der Waals surface area contributed by atoms with Crippen LogP contribution in [0, 0.1) is 0 Å². The molecule has 2 nitrogen and oxygen atoms in total. The fourth-order valence-electron chi connectivity index (χ4n) is 9.13. The number of hydrogen-bond donors (Lipinski definition) is 0. The maximum Gasteiger partial charge on any atom is 0.160 e. The number of hydrogen-bond acceptors (Lipinski definition) is 2. The van der Waals surface area contributed by atoms with Crippen molar-refractivity contribution in [2.45, 2.75) is 0 Å². The summed E-state index contributed by atoms with van der Waals surface area (Å²) in [5.74, 6) is 0.676. The smallest absolute Gasteiger partial charge is 0.160 e. The molecule has 0 unspecified atom stereocenters. The molecule has 12 aromatic rings. The van der Waals surface area contributed by atoms with Crippen LogP contribution in [0.25, 0.3) is 122 Å². The molecular weight excluding hydrogens is 773 g/mol. The Hall–Kier alpha value is -8.46. The minimum absolute atomic E-state index is 0.676. The van der Waals surface area contributed by atoms with E-state index in [9.17, 15) is 0 Å². The van der Waals surface area contributed by atoms with Crippen molar-refractivity contribution in [3.63, 3.8) is 0 Å². The van der Waals surface area contributed by atoms with Gasteiger partial charge in [-0.15, -0.1) is 0 Å². The molecule has 0 amide bonds. The van der Waals surface area contributed by atoms with Crippen LogP contribution in [0.3, 0.4) is 0 Å². The molecule has 298 valence electrons. The first-order valence-electron chi connectivity index (χ1n) is 21.9. The van der Waals surface area contributed by atoms with Crippen molar-refractivity contribution >= 4 is 43.1 Å². The lowest BCUT2D eigenvalue weighted by Gasteiger charge is -2.14. The third-order valence-electron chi connectivity index (χ3n) is 12.6. The molecule has 64 heavy (non-hydrogen) atoms. The largest absolute Gasteiger partial charge is 0.228 e. The molecule has 1 heterocycles. The van der Waals surface area contributed by atoms with Gasteiger partial charge in [0.2, 0.25) is 0 Å². The lowest BCUT2D eigenvalue weighted by molar-refractivity contribution is 1.18. The maximum atomic E-state index is 5.44. The van der Waals surface area contributed by atoms with Crippen molar-refractivity contribution in [1.82, 2.24) is 9.97 Å². The number of benzene rings is 11. The van der Waals surface area contributed by atoms with E-state index >= 15 is 0 Å². The molecule has 0 N–H and O–H groups in total. The van der Waals surface area contributed by atoms with Gasteiger partial charge in [0.25, 0.3) is 0 Å². The van der Waals surface area contributed by atoms with Gasteiger partial charge in [0.05, 0.1) is 11.4 Å². The number of aromatic nitrogens is 2. The highest BCUT2D eigenvalue weighted by Gasteiger charge is 2.16. The van der Waals surface area contributed by atoms with Gasteiger partial charge in [-0.2, -0.15) is 0 Å². The van der Waals surface area contributed by atoms with E-state index in [0.29, 0.717) is 5.82 Å². The fourth-order valence-corrected chi connectivity index (χ4v) is 9.13. The minimum Gasteiger partial charge on any atom is -0.228 e. The highest BCUT2D eigenvalue weighted by atomic mass is 14.9. The zero-order valence-electron chi connectivity index (χ0n) is 35.0. The first-order chi connectivity index (χ1) is 31.6. The highest BCUT2D eigenvalue weighted by molar-refractivity contribution is 6.01. The molecule has 0 aliphatic carbocycles. The van der Waals surface area contributed by atoms with Crippen molar-refractivity contribution in [1.29, 1.82) is 0 Å². The fraction of sp³-hybridized carbons (Fsp3) is 0. The second-order valence-corrected chi connectivity index (χ2v) is 16.7. The minimum atomic E-state index is 0.676. The third kappa shape index (κ3) is 7.17. The lowest BCUT2D eigenvalue weighted by Crippen LogP contribution is -1.97. The van der Waals surface area contributed by atoms with Crippen LogP contribution in [0.4, 0.5) is 0 Å². The van der Waals surface area contributed by atoms with Crippen LogP contribution in [0.5, 0.6) is 0 Å². The molecule has 0 aliphatic heterocycles. The predicted octanol–water partition coefficient (Wildman–Crippen LogP) is 16.8. The first kappa shape index (κ1) is 37.3. The van der Waals surface area contributed by atoms with Crippen molar-refractivity contribution in [3.8, 4) is 78.4 Å². The number of fused-ring (bicyclic) bond motifs is 4. The summed E-state index contributed by atoms with van der Waals surface area (Å²) in [6, 6.07) is 87.4. The number of nitrogens with zero attached hydrogens (tertiary/aromatic N) is 2. The summed E-state index contributed by atoms with van der Waals surface area (Å²) >= 11 is 0. The monoisotopic (exact) mass is 812 g/mol. The SMILES string of the molecule is c1ccc(-c2ccc(-c3cc(-c4ccc(-c5ccccc5)cc4)cc(-c4nc(-c5ccc6cc7ccccc7cc6c5)cc(-c5ccc6cc7ccccc7cc6c5)n4)c3)cc2)cc1. The van der Waals surface area contributed by atoms with Crippen molar-refractivity contribution in [3.05, 3.63) is 243 Å². The van der Waals surface area contributed by atoms with Gasteiger partial charge in [-0.3, -0.25) is 0 Å². The van der Waals surface area contributed by atoms with Crippen molar-refractivity contribution in [2.75, 3.05) is 0 Å². The predicted molar refractivity (Wildman–Crippen MR) is 270 cm³/mol. The summed E-state index contributed by atoms with van der Waals surface area (Å²) in [5.41, 5.74) is 14.0. The molecule has 11 aromatic carbocycles. The van der Waals surface area contributed by atoms with Gasteiger partial charge in [-0.1, -0.05) is 182 Å². The Morgan fingerprint density at radius 3 is 0.875 bits per heavy atom. The summed E-state index contributed by atoms with van der Waals surface area (Å²) in [7, 11) is 0. The second-order valence-electron chi connectivity index (χ2n) is 16.7. The van der Waals surface area contributed by atoms with Gasteiger partial charge in [-0.05, 0) is 148 Å². The normalized spacial score (nSPS) is 11.4. The summed E-state index contributed by atoms with van der Waals surface area (Å²) < 4.78 is 0. The Morgan fingerprint density at radius 1 is 0.172 bits per heavy atom. The molecule has 0 saturated heterocycles. The molecule has 0 radical (unpaired) electrons. The van der Waals surface area contributed by atoms with E-state index in [-0.39, 0.29) is 0 Å². The van der Waals surface area contributed by atoms with E-state index in [2.05, 4.69) is 243 Å². The summed E-state index contributed by atoms with van der Waals surface area (Å²) in [6.45, 7) is 0. The Balaban J connectivity index is 1.04. The van der Waals surface area contributed by atoms with E-state index in [0.717, 1.165) is 50.3 Å². The van der Waals surface area contributed by atoms with E-state index in [1.807, 2.05) is 0 Å². The van der Waals surface area contributed by atoms with Crippen molar-refractivity contribution in [2.24, 2.45) is 0 Å². The second kappa shape index (κ2) is 15.8. The van der Waals surface area contributed by atoms with Gasteiger partial charge in [0.15, 0.2) is 5.82 Å². The van der Waals surface area contributed by atoms with Gasteiger partial charge in [0.1, 0.15) is 0 Å². The zero-order valence-corrected chi connectivity index (χ0v) is 35.0. The standard InChI is InChI=1S/C62H40N2/c1-3-11-41(12-4-1)43-19-23-45(24-20-43)55-37-56(46-25-21-44(22-26-46)42-13-5-2-6-14-42)39-59(38-55)62-63-60(53-29-27-51-31-47-15-7-9-17-49(47)33-57(51)35-53)40-61(64-62)54-30-28-52-32-48-16-8-10-18-50(48)34-58(52)36-54/h1-40H. The van der Waals surface area contributed by atoms with Crippen molar-refractivity contribution < 1.29 is 0 Å². The Labute approximate surface area is 372 Å². The summed E-state index contributed by atoms with van der Waals surface area (Å²) in [5, 5.41) is 9.67. The molecule has 0 atom stereocenters. The van der Waals surface area contributed by atoms with Crippen LogP contribution >= 0.6 is 0 Å². The quantitative estimate of drug-likeness (QED) is 0.150. The molecule has 0 bridgehead atoms. The van der Waals surface area contributed by atoms with Crippen LogP contribution in [0.15, 0.2) is 243 Å². The van der Waals surface area contributed by atoms with Gasteiger partial charge in [0, 0.05) is 16.7 Å². The van der Waals surface area contributed by atoms with E-state index in [1.54, 1.807) is 0 Å². The maximum absolute atomic E-state index is 5.44. The average molecular weight is 813 g/mol. The average Bonchev–Trinajstić information content (AvgIpc) is 3.37. The van der Waals surface area contributed by atoms with Crippen LogP contribution < -0.4 is 0 Å². The topological polar surface area (TPSA) is 25.8 Å². The van der Waals surface area contributed by atoms with Crippen LogP contribution in [0.1, 0.15) is 0 Å². The lowest BCUT2D eigenvalue weighted by atomic mass is 9.93. The van der Waals surface area contributed by atoms with Crippen LogP contribution in [-0.2, 0) is 0 Å². The molecule has 0 aliphatic rings. The van der Waals surface area contributed by atoms with E-state index in [4.69, 9.17) is 9.97 Å². The molecule has 2 heteroatoms.